The fourth-order valence-electron chi connectivity index (χ4n) is 2.86. The molecule has 1 N–H and O–H groups in total. The topological polar surface area (TPSA) is 38.3 Å². The molecule has 1 aliphatic heterocycles. The highest BCUT2D eigenvalue weighted by molar-refractivity contribution is 14.1. The number of carbonyl (C=O) groups excluding carboxylic acids is 1. The number of hydrogen-bond donors (Lipinski definition) is 1. The number of ether oxygens (including phenoxy) is 1. The van der Waals surface area contributed by atoms with Gasteiger partial charge in [-0.3, -0.25) is 4.79 Å². The maximum absolute atomic E-state index is 12.2. The molecule has 0 aromatic heterocycles. The Labute approximate surface area is 156 Å². The lowest BCUT2D eigenvalue weighted by Gasteiger charge is -2.30. The first-order valence-electron chi connectivity index (χ1n) is 7.66. The molecule has 0 saturated carbocycles. The van der Waals surface area contributed by atoms with Crippen LogP contribution in [0, 0.1) is 0 Å². The second-order valence-corrected chi connectivity index (χ2v) is 6.88. The fraction of sp³-hybridized carbons (Fsp3) is 0.278. The number of amides is 1. The molecule has 1 aromatic rings. The van der Waals surface area contributed by atoms with E-state index in [9.17, 15) is 18.0 Å². The van der Waals surface area contributed by atoms with Gasteiger partial charge in [0, 0.05) is 5.57 Å². The zero-order valence-electron chi connectivity index (χ0n) is 13.0. The van der Waals surface area contributed by atoms with Gasteiger partial charge in [-0.15, -0.1) is 0 Å². The zero-order chi connectivity index (χ0) is 18.1. The van der Waals surface area contributed by atoms with Gasteiger partial charge in [0.25, 0.3) is 5.91 Å². The minimum Gasteiger partial charge on any atom is -0.370 e. The van der Waals surface area contributed by atoms with Crippen molar-refractivity contribution >= 4 is 34.1 Å². The van der Waals surface area contributed by atoms with Crippen molar-refractivity contribution < 1.29 is 22.7 Å². The van der Waals surface area contributed by atoms with Gasteiger partial charge in [-0.2, -0.15) is 13.2 Å². The largest absolute Gasteiger partial charge is 0.391 e. The van der Waals surface area contributed by atoms with Crippen molar-refractivity contribution in [2.45, 2.75) is 24.2 Å². The average molecular weight is 461 g/mol. The number of nitrogens with one attached hydrogen (secondary N) is 1. The Kier molecular flexibility index (Phi) is 5.06. The van der Waals surface area contributed by atoms with Crippen LogP contribution in [0.1, 0.15) is 12.0 Å². The molecule has 3 rings (SSSR count). The Balaban J connectivity index is 1.78. The van der Waals surface area contributed by atoms with Crippen molar-refractivity contribution in [3.8, 4) is 0 Å². The minimum atomic E-state index is -4.23. The standard InChI is InChI=1S/C18H15F3INO2/c19-18(20,21)10-11-25-13-6-8-17(9-7-13)14(15(22)16(24)23-17)12-4-2-1-3-5-12/h1-9,13H,10-11H2,(H,23,24). The summed E-state index contributed by atoms with van der Waals surface area (Å²) >= 11 is 2.02. The van der Waals surface area contributed by atoms with Gasteiger partial charge in [0.05, 0.1) is 22.7 Å². The van der Waals surface area contributed by atoms with E-state index in [1.807, 2.05) is 52.9 Å². The summed E-state index contributed by atoms with van der Waals surface area (Å²) in [5.74, 6) is -0.176. The van der Waals surface area contributed by atoms with Gasteiger partial charge in [-0.05, 0) is 28.2 Å². The molecule has 1 amide bonds. The molecule has 2 aliphatic rings. The fourth-order valence-corrected chi connectivity index (χ4v) is 3.75. The first kappa shape index (κ1) is 18.2. The Morgan fingerprint density at radius 2 is 1.80 bits per heavy atom. The van der Waals surface area contributed by atoms with Gasteiger partial charge in [0.15, 0.2) is 0 Å². The van der Waals surface area contributed by atoms with Crippen molar-refractivity contribution in [2.24, 2.45) is 0 Å². The van der Waals surface area contributed by atoms with E-state index < -0.39 is 30.8 Å². The van der Waals surface area contributed by atoms with E-state index in [4.69, 9.17) is 4.74 Å². The molecule has 7 heteroatoms. The van der Waals surface area contributed by atoms with Crippen LogP contribution in [0.5, 0.6) is 0 Å². The van der Waals surface area contributed by atoms with E-state index in [-0.39, 0.29) is 5.91 Å². The van der Waals surface area contributed by atoms with Gasteiger partial charge < -0.3 is 10.1 Å². The van der Waals surface area contributed by atoms with Crippen LogP contribution in [0.25, 0.3) is 5.57 Å². The quantitative estimate of drug-likeness (QED) is 0.541. The summed E-state index contributed by atoms with van der Waals surface area (Å²) < 4.78 is 42.4. The molecule has 132 valence electrons. The molecule has 0 unspecified atom stereocenters. The number of hydrogen-bond acceptors (Lipinski definition) is 2. The van der Waals surface area contributed by atoms with Crippen LogP contribution < -0.4 is 5.32 Å². The van der Waals surface area contributed by atoms with E-state index in [1.54, 1.807) is 24.3 Å². The molecule has 1 aliphatic carbocycles. The molecule has 0 radical (unpaired) electrons. The van der Waals surface area contributed by atoms with Crippen molar-refractivity contribution in [1.82, 2.24) is 5.32 Å². The summed E-state index contributed by atoms with van der Waals surface area (Å²) in [5.41, 5.74) is 0.953. The van der Waals surface area contributed by atoms with E-state index >= 15 is 0 Å². The summed E-state index contributed by atoms with van der Waals surface area (Å²) in [6.07, 6.45) is 1.14. The zero-order valence-corrected chi connectivity index (χ0v) is 15.2. The molecule has 0 fully saturated rings. The van der Waals surface area contributed by atoms with Gasteiger partial charge in [-0.25, -0.2) is 0 Å². The number of alkyl halides is 3. The van der Waals surface area contributed by atoms with Crippen LogP contribution in [-0.4, -0.2) is 30.3 Å². The highest BCUT2D eigenvalue weighted by atomic mass is 127. The average Bonchev–Trinajstić information content (AvgIpc) is 2.80. The number of carbonyl (C=O) groups is 1. The highest BCUT2D eigenvalue weighted by Gasteiger charge is 2.42. The Bertz CT molecular complexity index is 739. The van der Waals surface area contributed by atoms with Crippen LogP contribution in [0.3, 0.4) is 0 Å². The molecule has 1 spiro atoms. The summed E-state index contributed by atoms with van der Waals surface area (Å²) in [4.78, 5) is 12.2. The summed E-state index contributed by atoms with van der Waals surface area (Å²) in [6, 6.07) is 9.52. The maximum Gasteiger partial charge on any atom is 0.391 e. The molecule has 0 saturated heterocycles. The Morgan fingerprint density at radius 1 is 1.16 bits per heavy atom. The van der Waals surface area contributed by atoms with Gasteiger partial charge >= 0.3 is 6.18 Å². The third-order valence-corrected chi connectivity index (χ3v) is 5.04. The van der Waals surface area contributed by atoms with Gasteiger partial charge in [-0.1, -0.05) is 54.6 Å². The summed E-state index contributed by atoms with van der Waals surface area (Å²) in [6.45, 7) is -0.402. The van der Waals surface area contributed by atoms with E-state index in [2.05, 4.69) is 5.32 Å². The molecule has 0 atom stereocenters. The molecule has 3 nitrogen and oxygen atoms in total. The molecule has 25 heavy (non-hydrogen) atoms. The van der Waals surface area contributed by atoms with Crippen LogP contribution in [0.4, 0.5) is 13.2 Å². The van der Waals surface area contributed by atoms with E-state index in [0.717, 1.165) is 11.1 Å². The van der Waals surface area contributed by atoms with Crippen LogP contribution in [-0.2, 0) is 9.53 Å². The molecular weight excluding hydrogens is 446 g/mol. The lowest BCUT2D eigenvalue weighted by molar-refractivity contribution is -0.146. The predicted octanol–water partition coefficient (Wildman–Crippen LogP) is 4.16. The number of rotatable bonds is 4. The molecular formula is C18H15F3INO2. The maximum atomic E-state index is 12.2. The first-order valence-corrected chi connectivity index (χ1v) is 8.74. The second kappa shape index (κ2) is 6.95. The predicted molar refractivity (Wildman–Crippen MR) is 96.9 cm³/mol. The summed E-state index contributed by atoms with van der Waals surface area (Å²) in [7, 11) is 0. The van der Waals surface area contributed by atoms with Crippen molar-refractivity contribution in [2.75, 3.05) is 6.61 Å². The lowest BCUT2D eigenvalue weighted by atomic mass is 9.83. The van der Waals surface area contributed by atoms with Crippen molar-refractivity contribution in [1.29, 1.82) is 0 Å². The highest BCUT2D eigenvalue weighted by Crippen LogP contribution is 2.41. The van der Waals surface area contributed by atoms with Crippen molar-refractivity contribution in [3.63, 3.8) is 0 Å². The van der Waals surface area contributed by atoms with Gasteiger partial charge in [0.1, 0.15) is 5.54 Å². The monoisotopic (exact) mass is 461 g/mol. The molecule has 1 aromatic carbocycles. The lowest BCUT2D eigenvalue weighted by Crippen LogP contribution is -2.42. The normalized spacial score (nSPS) is 25.8. The third kappa shape index (κ3) is 3.98. The SMILES string of the molecule is O=C1NC2(C=CC(OCCC(F)(F)F)C=C2)C(c2ccccc2)=C1I. The van der Waals surface area contributed by atoms with E-state index in [1.165, 1.54) is 0 Å². The van der Waals surface area contributed by atoms with Crippen LogP contribution in [0.2, 0.25) is 0 Å². The first-order chi connectivity index (χ1) is 11.8. The molecule has 1 heterocycles. The Hall–Kier alpha value is -1.61. The van der Waals surface area contributed by atoms with Crippen LogP contribution in [0.15, 0.2) is 58.2 Å². The number of benzene rings is 1. The molecule has 0 bridgehead atoms. The second-order valence-electron chi connectivity index (χ2n) is 5.80. The third-order valence-electron chi connectivity index (χ3n) is 4.01. The van der Waals surface area contributed by atoms with E-state index in [0.29, 0.717) is 3.58 Å². The smallest absolute Gasteiger partial charge is 0.370 e. The minimum absolute atomic E-state index is 0.176. The van der Waals surface area contributed by atoms with Crippen molar-refractivity contribution in [3.05, 3.63) is 63.8 Å². The Morgan fingerprint density at radius 3 is 2.40 bits per heavy atom. The number of halogens is 4. The van der Waals surface area contributed by atoms with Crippen LogP contribution >= 0.6 is 22.6 Å². The van der Waals surface area contributed by atoms with Gasteiger partial charge in [0.2, 0.25) is 0 Å². The summed E-state index contributed by atoms with van der Waals surface area (Å²) in [5, 5.41) is 2.94.